The number of carbonyl (C=O) groups is 1. The maximum atomic E-state index is 11.6. The van der Waals surface area contributed by atoms with Crippen molar-refractivity contribution in [2.45, 2.75) is 19.5 Å². The van der Waals surface area contributed by atoms with E-state index in [9.17, 15) is 4.79 Å². The van der Waals surface area contributed by atoms with E-state index in [0.29, 0.717) is 11.8 Å². The number of aromatic nitrogens is 1. The lowest BCUT2D eigenvalue weighted by atomic mass is 10.0. The van der Waals surface area contributed by atoms with Crippen LogP contribution in [-0.2, 0) is 11.8 Å². The van der Waals surface area contributed by atoms with Gasteiger partial charge in [-0.1, -0.05) is 33.0 Å². The molecule has 2 N–H and O–H groups in total. The van der Waals surface area contributed by atoms with E-state index in [0.717, 1.165) is 12.2 Å². The third kappa shape index (κ3) is 4.56. The van der Waals surface area contributed by atoms with Crippen LogP contribution in [-0.4, -0.2) is 42.6 Å². The molecule has 2 atom stereocenters. The predicted molar refractivity (Wildman–Crippen MR) is 123 cm³/mol. The van der Waals surface area contributed by atoms with Crippen molar-refractivity contribution < 1.29 is 4.79 Å². The van der Waals surface area contributed by atoms with Crippen molar-refractivity contribution in [2.24, 2.45) is 7.05 Å². The lowest BCUT2D eigenvalue weighted by Crippen LogP contribution is -2.24. The Hall–Kier alpha value is -2.32. The highest BCUT2D eigenvalue weighted by molar-refractivity contribution is 7.58. The fraction of sp³-hybridized carbons (Fsp3) is 0.348. The minimum Gasteiger partial charge on any atom is -0.384 e. The SMILES string of the molecule is CNC(=O)CP(C)C(C)CNc1ccc(-c2ccc3c(c2)cc(C)n3C)cc1. The molecular formula is C23H30N3OP. The first kappa shape index (κ1) is 20.4. The number of anilines is 1. The molecule has 0 aliphatic rings. The van der Waals surface area contributed by atoms with Crippen LogP contribution >= 0.6 is 7.92 Å². The molecule has 1 heterocycles. The molecule has 0 fully saturated rings. The molecule has 5 heteroatoms. The van der Waals surface area contributed by atoms with Crippen molar-refractivity contribution in [3.63, 3.8) is 0 Å². The molecule has 3 aromatic rings. The van der Waals surface area contributed by atoms with Gasteiger partial charge < -0.3 is 15.2 Å². The molecule has 0 spiro atoms. The molecular weight excluding hydrogens is 365 g/mol. The maximum absolute atomic E-state index is 11.6. The molecule has 0 aliphatic carbocycles. The van der Waals surface area contributed by atoms with Crippen LogP contribution in [0.5, 0.6) is 0 Å². The smallest absolute Gasteiger partial charge is 0.224 e. The summed E-state index contributed by atoms with van der Waals surface area (Å²) < 4.78 is 2.22. The highest BCUT2D eigenvalue weighted by atomic mass is 31.1. The van der Waals surface area contributed by atoms with Gasteiger partial charge in [0.15, 0.2) is 0 Å². The minimum atomic E-state index is -0.320. The summed E-state index contributed by atoms with van der Waals surface area (Å²) in [5.41, 5.74) is 6.60. The van der Waals surface area contributed by atoms with E-state index in [4.69, 9.17) is 0 Å². The van der Waals surface area contributed by atoms with Gasteiger partial charge in [-0.3, -0.25) is 4.79 Å². The molecule has 1 aromatic heterocycles. The standard InChI is InChI=1S/C23H30N3OP/c1-16-12-20-13-19(8-11-22(20)26(16)4)18-6-9-21(10-7-18)25-14-17(2)28(5)15-23(27)24-3/h6-13,17,25H,14-15H2,1-5H3,(H,24,27). The van der Waals surface area contributed by atoms with Crippen molar-refractivity contribution in [1.29, 1.82) is 0 Å². The Morgan fingerprint density at radius 3 is 2.46 bits per heavy atom. The van der Waals surface area contributed by atoms with Gasteiger partial charge in [-0.05, 0) is 60.7 Å². The van der Waals surface area contributed by atoms with E-state index < -0.39 is 0 Å². The van der Waals surface area contributed by atoms with Gasteiger partial charge in [0.2, 0.25) is 5.91 Å². The van der Waals surface area contributed by atoms with E-state index in [1.165, 1.54) is 27.7 Å². The summed E-state index contributed by atoms with van der Waals surface area (Å²) in [4.78, 5) is 11.6. The summed E-state index contributed by atoms with van der Waals surface area (Å²) in [6.45, 7) is 7.43. The Kier molecular flexibility index (Phi) is 6.41. The zero-order valence-electron chi connectivity index (χ0n) is 17.4. The van der Waals surface area contributed by atoms with Crippen molar-refractivity contribution in [3.8, 4) is 11.1 Å². The average molecular weight is 395 g/mol. The van der Waals surface area contributed by atoms with Gasteiger partial charge in [0.05, 0.1) is 0 Å². The molecule has 0 radical (unpaired) electrons. The number of carbonyl (C=O) groups excluding carboxylic acids is 1. The molecule has 0 saturated heterocycles. The monoisotopic (exact) mass is 395 g/mol. The van der Waals surface area contributed by atoms with Gasteiger partial charge in [0, 0.05) is 49.1 Å². The molecule has 4 nitrogen and oxygen atoms in total. The Balaban J connectivity index is 1.64. The second-order valence-corrected chi connectivity index (χ2v) is 10.2. The van der Waals surface area contributed by atoms with Crippen LogP contribution < -0.4 is 10.6 Å². The van der Waals surface area contributed by atoms with E-state index in [1.807, 2.05) is 0 Å². The lowest BCUT2D eigenvalue weighted by molar-refractivity contribution is -0.118. The third-order valence-electron chi connectivity index (χ3n) is 5.53. The van der Waals surface area contributed by atoms with Gasteiger partial charge in [-0.2, -0.15) is 0 Å². The maximum Gasteiger partial charge on any atom is 0.224 e. The van der Waals surface area contributed by atoms with Gasteiger partial charge >= 0.3 is 0 Å². The van der Waals surface area contributed by atoms with Crippen LogP contribution in [0.1, 0.15) is 12.6 Å². The molecule has 0 saturated carbocycles. The number of nitrogens with zero attached hydrogens (tertiary/aromatic N) is 1. The third-order valence-corrected chi connectivity index (χ3v) is 8.00. The number of aryl methyl sites for hydroxylation is 2. The summed E-state index contributed by atoms with van der Waals surface area (Å²) >= 11 is 0. The number of hydrogen-bond donors (Lipinski definition) is 2. The van der Waals surface area contributed by atoms with Crippen LogP contribution in [0.2, 0.25) is 0 Å². The highest BCUT2D eigenvalue weighted by Crippen LogP contribution is 2.36. The largest absolute Gasteiger partial charge is 0.384 e. The normalized spacial score (nSPS) is 13.3. The molecule has 3 rings (SSSR count). The second-order valence-electron chi connectivity index (χ2n) is 7.51. The Labute approximate surface area is 169 Å². The topological polar surface area (TPSA) is 46.1 Å². The minimum absolute atomic E-state index is 0.135. The first-order valence-corrected chi connectivity index (χ1v) is 11.7. The van der Waals surface area contributed by atoms with Crippen LogP contribution in [0.3, 0.4) is 0 Å². The summed E-state index contributed by atoms with van der Waals surface area (Å²) in [6.07, 6.45) is 0.634. The molecule has 1 amide bonds. The zero-order chi connectivity index (χ0) is 20.3. The summed E-state index contributed by atoms with van der Waals surface area (Å²) in [7, 11) is 3.49. The number of amides is 1. The Bertz CT molecular complexity index is 962. The van der Waals surface area contributed by atoms with Crippen LogP contribution in [0, 0.1) is 6.92 Å². The van der Waals surface area contributed by atoms with E-state index in [2.05, 4.69) is 91.3 Å². The Morgan fingerprint density at radius 1 is 1.11 bits per heavy atom. The predicted octanol–water partition coefficient (Wildman–Crippen LogP) is 4.81. The van der Waals surface area contributed by atoms with Gasteiger partial charge in [-0.15, -0.1) is 0 Å². The van der Waals surface area contributed by atoms with Crippen LogP contribution in [0.15, 0.2) is 48.5 Å². The number of hydrogen-bond acceptors (Lipinski definition) is 2. The summed E-state index contributed by atoms with van der Waals surface area (Å²) in [5.74, 6) is 0.135. The molecule has 28 heavy (non-hydrogen) atoms. The number of benzene rings is 2. The van der Waals surface area contributed by atoms with Crippen molar-refractivity contribution in [1.82, 2.24) is 9.88 Å². The molecule has 148 valence electrons. The van der Waals surface area contributed by atoms with Crippen molar-refractivity contribution in [2.75, 3.05) is 31.7 Å². The summed E-state index contributed by atoms with van der Waals surface area (Å²) in [6, 6.07) is 17.5. The molecule has 2 unspecified atom stereocenters. The highest BCUT2D eigenvalue weighted by Gasteiger charge is 2.14. The first-order chi connectivity index (χ1) is 13.4. The fourth-order valence-corrected chi connectivity index (χ4v) is 4.66. The van der Waals surface area contributed by atoms with E-state index in [-0.39, 0.29) is 13.8 Å². The molecule has 2 aromatic carbocycles. The van der Waals surface area contributed by atoms with Crippen molar-refractivity contribution >= 4 is 30.4 Å². The van der Waals surface area contributed by atoms with Gasteiger partial charge in [0.1, 0.15) is 0 Å². The zero-order valence-corrected chi connectivity index (χ0v) is 18.3. The quantitative estimate of drug-likeness (QED) is 0.564. The first-order valence-electron chi connectivity index (χ1n) is 9.70. The number of fused-ring (bicyclic) bond motifs is 1. The number of rotatable bonds is 7. The van der Waals surface area contributed by atoms with Gasteiger partial charge in [-0.25, -0.2) is 0 Å². The average Bonchev–Trinajstić information content (AvgIpc) is 2.99. The summed E-state index contributed by atoms with van der Waals surface area (Å²) in [5, 5.41) is 7.51. The van der Waals surface area contributed by atoms with Crippen molar-refractivity contribution in [3.05, 3.63) is 54.2 Å². The number of nitrogens with one attached hydrogen (secondary N) is 2. The van der Waals surface area contributed by atoms with Crippen LogP contribution in [0.25, 0.3) is 22.0 Å². The molecule has 0 aliphatic heterocycles. The van der Waals surface area contributed by atoms with Gasteiger partial charge in [0.25, 0.3) is 0 Å². The molecule has 0 bridgehead atoms. The van der Waals surface area contributed by atoms with E-state index in [1.54, 1.807) is 7.05 Å². The van der Waals surface area contributed by atoms with Crippen LogP contribution in [0.4, 0.5) is 5.69 Å². The van der Waals surface area contributed by atoms with E-state index >= 15 is 0 Å². The fourth-order valence-electron chi connectivity index (χ4n) is 3.33. The lowest BCUT2D eigenvalue weighted by Gasteiger charge is -2.21. The second kappa shape index (κ2) is 8.79. The Morgan fingerprint density at radius 2 is 1.79 bits per heavy atom.